The van der Waals surface area contributed by atoms with Crippen LogP contribution < -0.4 is 10.2 Å². The summed E-state index contributed by atoms with van der Waals surface area (Å²) in [6, 6.07) is 0.924. The Morgan fingerprint density at radius 2 is 2.03 bits per heavy atom. The molecule has 0 radical (unpaired) electrons. The molecule has 3 rings (SSSR count). The number of aliphatic hydroxyl groups excluding tert-OH is 1. The highest BCUT2D eigenvalue weighted by molar-refractivity contribution is 6.30. The molecule has 2 atom stereocenters. The molecule has 1 unspecified atom stereocenters. The summed E-state index contributed by atoms with van der Waals surface area (Å²) in [6.45, 7) is 9.64. The zero-order valence-corrected chi connectivity index (χ0v) is 18.7. The number of carbonyl (C=O) groups excluding carboxylic acids is 2. The van der Waals surface area contributed by atoms with Crippen molar-refractivity contribution in [1.29, 1.82) is 0 Å². The van der Waals surface area contributed by atoms with Gasteiger partial charge in [-0.25, -0.2) is 9.78 Å². The van der Waals surface area contributed by atoms with E-state index in [4.69, 9.17) is 21.1 Å². The van der Waals surface area contributed by atoms with Crippen molar-refractivity contribution in [2.45, 2.75) is 52.4 Å². The van der Waals surface area contributed by atoms with Crippen LogP contribution in [-0.2, 0) is 9.47 Å². The summed E-state index contributed by atoms with van der Waals surface area (Å²) >= 11 is 6.11. The average molecular weight is 442 g/mol. The minimum Gasteiger partial charge on any atom is -0.443 e. The summed E-state index contributed by atoms with van der Waals surface area (Å²) in [5.41, 5.74) is -0.357. The van der Waals surface area contributed by atoms with Crippen molar-refractivity contribution in [2.75, 3.05) is 25.2 Å². The summed E-state index contributed by atoms with van der Waals surface area (Å²) in [4.78, 5) is 30.4. The van der Waals surface area contributed by atoms with Crippen LogP contribution in [0.25, 0.3) is 5.65 Å². The molecule has 1 fully saturated rings. The molecule has 2 N–H and O–H groups in total. The Morgan fingerprint density at radius 3 is 2.60 bits per heavy atom. The average Bonchev–Trinajstić information content (AvgIpc) is 3.27. The summed E-state index contributed by atoms with van der Waals surface area (Å²) in [7, 11) is 1.51. The predicted octanol–water partition coefficient (Wildman–Crippen LogP) is 2.27. The first kappa shape index (κ1) is 23.8. The molecule has 3 heterocycles. The van der Waals surface area contributed by atoms with Crippen LogP contribution in [0.5, 0.6) is 0 Å². The van der Waals surface area contributed by atoms with Crippen LogP contribution in [0.4, 0.5) is 10.6 Å². The van der Waals surface area contributed by atoms with Gasteiger partial charge in [0.2, 0.25) is 0 Å². The van der Waals surface area contributed by atoms with Gasteiger partial charge in [0.05, 0.1) is 31.6 Å². The van der Waals surface area contributed by atoms with Crippen LogP contribution in [-0.4, -0.2) is 69.7 Å². The predicted molar refractivity (Wildman–Crippen MR) is 112 cm³/mol. The summed E-state index contributed by atoms with van der Waals surface area (Å²) < 4.78 is 11.8. The molecule has 0 bridgehead atoms. The number of nitrogens with one attached hydrogen (secondary N) is 1. The number of rotatable bonds is 3. The first-order chi connectivity index (χ1) is 14.1. The number of hydrogen-bond donors (Lipinski definition) is 2. The molecule has 0 aliphatic carbocycles. The van der Waals surface area contributed by atoms with Crippen LogP contribution in [0.3, 0.4) is 0 Å². The fraction of sp³-hybridized carbons (Fsp3) is 0.579. The highest BCUT2D eigenvalue weighted by Gasteiger charge is 2.30. The topological polar surface area (TPSA) is 118 Å². The van der Waals surface area contributed by atoms with E-state index in [-0.39, 0.29) is 35.4 Å². The molecule has 166 valence electrons. The number of nitrogens with zero attached hydrogens (tertiary/aromatic N) is 4. The molecular weight excluding hydrogens is 414 g/mol. The molecule has 0 spiro atoms. The fourth-order valence-corrected chi connectivity index (χ4v) is 2.85. The van der Waals surface area contributed by atoms with Crippen LogP contribution >= 0.6 is 11.6 Å². The maximum absolute atomic E-state index is 12.6. The van der Waals surface area contributed by atoms with Crippen molar-refractivity contribution in [3.05, 3.63) is 23.0 Å². The number of ether oxygens (including phenoxy) is 2. The third-order valence-corrected chi connectivity index (χ3v) is 4.24. The Hall–Kier alpha value is -2.43. The Morgan fingerprint density at radius 1 is 1.37 bits per heavy atom. The smallest absolute Gasteiger partial charge is 0.415 e. The van der Waals surface area contributed by atoms with E-state index in [1.165, 1.54) is 28.7 Å². The molecule has 2 aromatic heterocycles. The Labute approximate surface area is 180 Å². The van der Waals surface area contributed by atoms with E-state index in [9.17, 15) is 14.7 Å². The number of amides is 2. The lowest BCUT2D eigenvalue weighted by Crippen LogP contribution is -2.42. The number of carbonyl (C=O) groups is 2. The van der Waals surface area contributed by atoms with E-state index in [2.05, 4.69) is 15.4 Å². The van der Waals surface area contributed by atoms with Gasteiger partial charge in [-0.1, -0.05) is 25.4 Å². The fourth-order valence-electron chi connectivity index (χ4n) is 2.67. The lowest BCUT2D eigenvalue weighted by molar-refractivity contribution is 0.0587. The third-order valence-electron chi connectivity index (χ3n) is 4.04. The van der Waals surface area contributed by atoms with Crippen molar-refractivity contribution < 1.29 is 24.2 Å². The molecule has 1 aliphatic heterocycles. The van der Waals surface area contributed by atoms with Gasteiger partial charge in [-0.3, -0.25) is 9.69 Å². The van der Waals surface area contributed by atoms with E-state index in [1.807, 2.05) is 13.8 Å². The minimum atomic E-state index is -0.781. The van der Waals surface area contributed by atoms with Crippen molar-refractivity contribution in [3.63, 3.8) is 0 Å². The molecule has 1 saturated heterocycles. The lowest BCUT2D eigenvalue weighted by Gasteiger charge is -2.24. The first-order valence-electron chi connectivity index (χ1n) is 9.64. The highest BCUT2D eigenvalue weighted by Crippen LogP contribution is 2.23. The Balaban J connectivity index is 0.00000155. The van der Waals surface area contributed by atoms with Gasteiger partial charge in [-0.15, -0.1) is 0 Å². The number of aromatic nitrogens is 3. The van der Waals surface area contributed by atoms with E-state index < -0.39 is 29.7 Å². The van der Waals surface area contributed by atoms with E-state index in [1.54, 1.807) is 20.8 Å². The Kier molecular flexibility index (Phi) is 7.62. The maximum Gasteiger partial charge on any atom is 0.415 e. The standard InChI is InChI=1S/C17H22ClN5O5.C2H6/c1-17(2,3)28-16(26)22(4)13-5-12(18)21-14-9(6-19-23(13)14)15(25)20-10-7-27-8-11(10)24;1-2/h5-6,10-11,24H,7-8H2,1-4H3,(H,20,25);1-2H3/t10-,11?;/m0./s1. The molecule has 30 heavy (non-hydrogen) atoms. The van der Waals surface area contributed by atoms with E-state index in [0.717, 1.165) is 0 Å². The van der Waals surface area contributed by atoms with Gasteiger partial charge in [0.25, 0.3) is 5.91 Å². The van der Waals surface area contributed by atoms with Crippen LogP contribution in [0.1, 0.15) is 45.0 Å². The monoisotopic (exact) mass is 441 g/mol. The molecule has 0 saturated carbocycles. The van der Waals surface area contributed by atoms with Gasteiger partial charge in [-0.2, -0.15) is 9.61 Å². The quantitative estimate of drug-likeness (QED) is 0.701. The summed E-state index contributed by atoms with van der Waals surface area (Å²) in [5, 5.41) is 16.7. The van der Waals surface area contributed by atoms with E-state index in [0.29, 0.717) is 0 Å². The van der Waals surface area contributed by atoms with E-state index >= 15 is 0 Å². The molecule has 11 heteroatoms. The maximum atomic E-state index is 12.6. The Bertz CT molecular complexity index is 911. The van der Waals surface area contributed by atoms with Gasteiger partial charge in [0.1, 0.15) is 22.1 Å². The van der Waals surface area contributed by atoms with Crippen molar-refractivity contribution in [2.24, 2.45) is 0 Å². The minimum absolute atomic E-state index is 0.0803. The van der Waals surface area contributed by atoms with Gasteiger partial charge >= 0.3 is 6.09 Å². The van der Waals surface area contributed by atoms with Crippen LogP contribution in [0, 0.1) is 0 Å². The molecule has 2 aromatic rings. The normalized spacial score (nSPS) is 18.5. The first-order valence-corrected chi connectivity index (χ1v) is 10.0. The third kappa shape index (κ3) is 5.38. The van der Waals surface area contributed by atoms with Crippen LogP contribution in [0.15, 0.2) is 12.3 Å². The van der Waals surface area contributed by atoms with Crippen molar-refractivity contribution in [1.82, 2.24) is 19.9 Å². The highest BCUT2D eigenvalue weighted by atomic mass is 35.5. The zero-order chi connectivity index (χ0) is 22.6. The lowest BCUT2D eigenvalue weighted by atomic mass is 10.2. The number of aliphatic hydroxyl groups is 1. The number of halogens is 1. The molecular formula is C19H28ClN5O5. The summed E-state index contributed by atoms with van der Waals surface area (Å²) in [5.74, 6) is -0.197. The van der Waals surface area contributed by atoms with Gasteiger partial charge < -0.3 is 19.9 Å². The molecule has 2 amide bonds. The SMILES string of the molecule is CC.CN(C(=O)OC(C)(C)C)c1cc(Cl)nc2c(C(=O)N[C@H]3COCC3O)cnn12. The largest absolute Gasteiger partial charge is 0.443 e. The van der Waals surface area contributed by atoms with Crippen molar-refractivity contribution in [3.8, 4) is 0 Å². The number of hydrogen-bond acceptors (Lipinski definition) is 7. The second-order valence-electron chi connectivity index (χ2n) is 7.45. The number of fused-ring (bicyclic) bond motifs is 1. The number of anilines is 1. The molecule has 1 aliphatic rings. The van der Waals surface area contributed by atoms with Gasteiger partial charge in [0, 0.05) is 13.1 Å². The molecule has 10 nitrogen and oxygen atoms in total. The summed E-state index contributed by atoms with van der Waals surface area (Å²) in [6.07, 6.45) is -0.0669. The zero-order valence-electron chi connectivity index (χ0n) is 18.0. The molecule has 0 aromatic carbocycles. The second-order valence-corrected chi connectivity index (χ2v) is 7.84. The van der Waals surface area contributed by atoms with Gasteiger partial charge in [0.15, 0.2) is 5.65 Å². The second kappa shape index (κ2) is 9.59. The van der Waals surface area contributed by atoms with Crippen LogP contribution in [0.2, 0.25) is 5.15 Å². The van der Waals surface area contributed by atoms with Crippen molar-refractivity contribution >= 4 is 35.1 Å². The van der Waals surface area contributed by atoms with Gasteiger partial charge in [-0.05, 0) is 20.8 Å².